The Balaban J connectivity index is 0.000000361. The van der Waals surface area contributed by atoms with E-state index in [9.17, 15) is 9.59 Å². The van der Waals surface area contributed by atoms with E-state index < -0.39 is 0 Å². The summed E-state index contributed by atoms with van der Waals surface area (Å²) in [5.74, 6) is -0.0228. The molecule has 0 bridgehead atoms. The molecule has 0 spiro atoms. The van der Waals surface area contributed by atoms with Crippen LogP contribution < -0.4 is 0 Å². The van der Waals surface area contributed by atoms with Gasteiger partial charge in [0.2, 0.25) is 0 Å². The second kappa shape index (κ2) is 19.6. The maximum Gasteiger partial charge on any atom is 0.178 e. The fourth-order valence-electron chi connectivity index (χ4n) is 3.08. The number of benzene rings is 4. The number of carbonyl (C=O) groups excluding carboxylic acids is 2. The molecule has 0 saturated carbocycles. The van der Waals surface area contributed by atoms with Gasteiger partial charge in [0.1, 0.15) is 0 Å². The van der Waals surface area contributed by atoms with E-state index in [1.54, 1.807) is 24.3 Å². The van der Waals surface area contributed by atoms with Crippen molar-refractivity contribution in [2.24, 2.45) is 0 Å². The maximum atomic E-state index is 11.6. The van der Waals surface area contributed by atoms with Crippen LogP contribution in [-0.4, -0.2) is 11.6 Å². The molecule has 2 nitrogen and oxygen atoms in total. The monoisotopic (exact) mass is 680 g/mol. The first kappa shape index (κ1) is 32.5. The SMILES string of the molecule is O=C(/C=C\c1ccccc1)/C=C/c1ccccc1.O=C(/C=C\c1ccccc1)/C=C/c1ccccc1.[Pd].[Pd]. The Labute approximate surface area is 252 Å². The molecule has 4 aromatic rings. The van der Waals surface area contributed by atoms with Crippen LogP contribution >= 0.6 is 0 Å². The van der Waals surface area contributed by atoms with Gasteiger partial charge in [-0.05, 0) is 46.6 Å². The molecule has 0 saturated heterocycles. The van der Waals surface area contributed by atoms with E-state index in [0.717, 1.165) is 22.3 Å². The summed E-state index contributed by atoms with van der Waals surface area (Å²) < 4.78 is 0. The summed E-state index contributed by atoms with van der Waals surface area (Å²) >= 11 is 0. The zero-order valence-corrected chi connectivity index (χ0v) is 23.7. The van der Waals surface area contributed by atoms with Crippen molar-refractivity contribution in [3.63, 3.8) is 0 Å². The summed E-state index contributed by atoms with van der Waals surface area (Å²) in [6.07, 6.45) is 13.6. The first-order chi connectivity index (χ1) is 17.7. The van der Waals surface area contributed by atoms with Crippen molar-refractivity contribution in [3.8, 4) is 0 Å². The van der Waals surface area contributed by atoms with E-state index in [1.807, 2.05) is 146 Å². The normalized spacial score (nSPS) is 10.5. The number of allylic oxidation sites excluding steroid dienone is 4. The van der Waals surface area contributed by atoms with Crippen LogP contribution in [0.1, 0.15) is 22.3 Å². The van der Waals surface area contributed by atoms with Gasteiger partial charge in [-0.3, -0.25) is 9.59 Å². The molecular weight excluding hydrogens is 653 g/mol. The molecule has 4 aromatic carbocycles. The quantitative estimate of drug-likeness (QED) is 0.140. The summed E-state index contributed by atoms with van der Waals surface area (Å²) in [5.41, 5.74) is 4.11. The summed E-state index contributed by atoms with van der Waals surface area (Å²) in [4.78, 5) is 23.2. The van der Waals surface area contributed by atoms with Gasteiger partial charge in [-0.1, -0.05) is 146 Å². The summed E-state index contributed by atoms with van der Waals surface area (Å²) in [6.45, 7) is 0. The van der Waals surface area contributed by atoms with Crippen molar-refractivity contribution in [2.45, 2.75) is 0 Å². The van der Waals surface area contributed by atoms with E-state index in [0.29, 0.717) is 0 Å². The third-order valence-corrected chi connectivity index (χ3v) is 4.96. The Morgan fingerprint density at radius 3 is 0.711 bits per heavy atom. The van der Waals surface area contributed by atoms with Crippen LogP contribution in [0, 0.1) is 0 Å². The van der Waals surface area contributed by atoms with E-state index in [-0.39, 0.29) is 52.4 Å². The van der Waals surface area contributed by atoms with Gasteiger partial charge in [0, 0.05) is 40.8 Å². The van der Waals surface area contributed by atoms with Gasteiger partial charge >= 0.3 is 0 Å². The van der Waals surface area contributed by atoms with Gasteiger partial charge in [0.05, 0.1) is 0 Å². The van der Waals surface area contributed by atoms with Crippen LogP contribution in [0.5, 0.6) is 0 Å². The van der Waals surface area contributed by atoms with Gasteiger partial charge in [0.25, 0.3) is 0 Å². The van der Waals surface area contributed by atoms with E-state index >= 15 is 0 Å². The van der Waals surface area contributed by atoms with Gasteiger partial charge in [-0.2, -0.15) is 0 Å². The number of ketones is 2. The molecule has 4 rings (SSSR count). The fourth-order valence-corrected chi connectivity index (χ4v) is 3.08. The largest absolute Gasteiger partial charge is 0.290 e. The number of rotatable bonds is 8. The molecule has 0 radical (unpaired) electrons. The molecule has 4 heteroatoms. The summed E-state index contributed by atoms with van der Waals surface area (Å²) in [7, 11) is 0. The van der Waals surface area contributed by atoms with Gasteiger partial charge in [0.15, 0.2) is 11.6 Å². The van der Waals surface area contributed by atoms with Crippen LogP contribution in [0.15, 0.2) is 146 Å². The number of hydrogen-bond acceptors (Lipinski definition) is 2. The third kappa shape index (κ3) is 13.7. The van der Waals surface area contributed by atoms with E-state index in [1.165, 1.54) is 0 Å². The number of hydrogen-bond donors (Lipinski definition) is 0. The topological polar surface area (TPSA) is 34.1 Å². The average Bonchev–Trinajstić information content (AvgIpc) is 2.95. The van der Waals surface area contributed by atoms with Crippen molar-refractivity contribution in [3.05, 3.63) is 168 Å². The minimum Gasteiger partial charge on any atom is -0.290 e. The van der Waals surface area contributed by atoms with Gasteiger partial charge in [-0.15, -0.1) is 0 Å². The fraction of sp³-hybridized carbons (Fsp3) is 0. The minimum absolute atomic E-state index is 0. The summed E-state index contributed by atoms with van der Waals surface area (Å²) in [5, 5.41) is 0. The minimum atomic E-state index is -0.0114. The predicted molar refractivity (Wildman–Crippen MR) is 152 cm³/mol. The third-order valence-electron chi connectivity index (χ3n) is 4.96. The molecule has 0 fully saturated rings. The summed E-state index contributed by atoms with van der Waals surface area (Å²) in [6, 6.07) is 39.1. The molecule has 0 aliphatic rings. The molecule has 196 valence electrons. The van der Waals surface area contributed by atoms with E-state index in [2.05, 4.69) is 0 Å². The average molecular weight is 681 g/mol. The van der Waals surface area contributed by atoms with Gasteiger partial charge in [-0.25, -0.2) is 0 Å². The van der Waals surface area contributed by atoms with E-state index in [4.69, 9.17) is 0 Å². The molecule has 0 unspecified atom stereocenters. The smallest absolute Gasteiger partial charge is 0.178 e. The van der Waals surface area contributed by atoms with Crippen LogP contribution in [0.2, 0.25) is 0 Å². The molecule has 0 atom stereocenters. The molecule has 0 aromatic heterocycles. The molecule has 0 heterocycles. The van der Waals surface area contributed by atoms with Crippen molar-refractivity contribution in [1.82, 2.24) is 0 Å². The Morgan fingerprint density at radius 1 is 0.342 bits per heavy atom. The Kier molecular flexibility index (Phi) is 16.8. The molecule has 0 aliphatic heterocycles. The zero-order chi connectivity index (χ0) is 25.3. The Morgan fingerprint density at radius 2 is 0.526 bits per heavy atom. The van der Waals surface area contributed by atoms with Crippen LogP contribution in [0.4, 0.5) is 0 Å². The predicted octanol–water partition coefficient (Wildman–Crippen LogP) is 7.96. The van der Waals surface area contributed by atoms with Crippen LogP contribution in [-0.2, 0) is 50.4 Å². The van der Waals surface area contributed by atoms with Crippen molar-refractivity contribution in [2.75, 3.05) is 0 Å². The zero-order valence-electron chi connectivity index (χ0n) is 20.6. The van der Waals surface area contributed by atoms with Crippen LogP contribution in [0.3, 0.4) is 0 Å². The number of carbonyl (C=O) groups is 2. The maximum absolute atomic E-state index is 11.6. The van der Waals surface area contributed by atoms with Crippen LogP contribution in [0.25, 0.3) is 24.3 Å². The second-order valence-corrected chi connectivity index (χ2v) is 7.78. The van der Waals surface area contributed by atoms with Crippen molar-refractivity contribution >= 4 is 35.9 Å². The second-order valence-electron chi connectivity index (χ2n) is 7.78. The standard InChI is InChI=1S/2C17H14O.2Pd/c2*18-17(13-11-15-7-3-1-4-8-15)14-12-16-9-5-2-6-10-16;;/h2*1-14H;;/b2*13-11-,14-12+;;. The molecule has 0 aliphatic carbocycles. The molecule has 38 heavy (non-hydrogen) atoms. The Bertz CT molecular complexity index is 1120. The van der Waals surface area contributed by atoms with Crippen molar-refractivity contribution < 1.29 is 50.4 Å². The van der Waals surface area contributed by atoms with Gasteiger partial charge < -0.3 is 0 Å². The first-order valence-corrected chi connectivity index (χ1v) is 11.7. The molecular formula is C34H28O2Pd2. The first-order valence-electron chi connectivity index (χ1n) is 11.7. The molecule has 0 N–H and O–H groups in total. The molecule has 0 amide bonds. The Hall–Kier alpha value is -3.50. The van der Waals surface area contributed by atoms with Crippen molar-refractivity contribution in [1.29, 1.82) is 0 Å².